The molecule has 2 aliphatic rings. The largest absolute Gasteiger partial charge is 0.379 e. The van der Waals surface area contributed by atoms with Gasteiger partial charge in [0.25, 0.3) is 0 Å². The van der Waals surface area contributed by atoms with Crippen LogP contribution in [0.15, 0.2) is 0 Å². The van der Waals surface area contributed by atoms with E-state index in [4.69, 9.17) is 10.6 Å². The number of morpholine rings is 1. The Labute approximate surface area is 111 Å². The van der Waals surface area contributed by atoms with Crippen molar-refractivity contribution in [2.24, 2.45) is 11.8 Å². The minimum Gasteiger partial charge on any atom is -0.379 e. The van der Waals surface area contributed by atoms with E-state index in [9.17, 15) is 0 Å². The molecule has 1 aliphatic carbocycles. The third-order valence-corrected chi connectivity index (χ3v) is 5.08. The summed E-state index contributed by atoms with van der Waals surface area (Å²) in [5, 5.41) is 0. The molecule has 2 atom stereocenters. The minimum absolute atomic E-state index is 0.272. The maximum Gasteiger partial charge on any atom is 0.0594 e. The molecule has 3 N–H and O–H groups in total. The molecule has 1 saturated carbocycles. The molecular formula is C14H29N3O. The fourth-order valence-electron chi connectivity index (χ4n) is 3.90. The van der Waals surface area contributed by atoms with Crippen molar-refractivity contribution < 1.29 is 4.74 Å². The number of hydrazine groups is 1. The van der Waals surface area contributed by atoms with Gasteiger partial charge >= 0.3 is 0 Å². The van der Waals surface area contributed by atoms with Crippen LogP contribution in [0.5, 0.6) is 0 Å². The van der Waals surface area contributed by atoms with Crippen molar-refractivity contribution in [1.82, 2.24) is 10.3 Å². The molecule has 106 valence electrons. The SMILES string of the molecule is CCC(C)C(NN)C1(N2CCOCC2)CCCC1. The predicted molar refractivity (Wildman–Crippen MR) is 74.2 cm³/mol. The minimum atomic E-state index is 0.272. The van der Waals surface area contributed by atoms with Crippen LogP contribution in [0, 0.1) is 5.92 Å². The van der Waals surface area contributed by atoms with Crippen LogP contribution in [0.25, 0.3) is 0 Å². The molecule has 0 aromatic heterocycles. The lowest BCUT2D eigenvalue weighted by atomic mass is 9.78. The normalized spacial score (nSPS) is 28.2. The van der Waals surface area contributed by atoms with E-state index < -0.39 is 0 Å². The molecular weight excluding hydrogens is 226 g/mol. The van der Waals surface area contributed by atoms with E-state index in [2.05, 4.69) is 24.2 Å². The second kappa shape index (κ2) is 6.33. The average Bonchev–Trinajstić information content (AvgIpc) is 2.91. The summed E-state index contributed by atoms with van der Waals surface area (Å²) in [5.74, 6) is 6.53. The molecule has 0 radical (unpaired) electrons. The summed E-state index contributed by atoms with van der Waals surface area (Å²) in [6.45, 7) is 8.46. The van der Waals surface area contributed by atoms with E-state index in [0.29, 0.717) is 12.0 Å². The second-order valence-corrected chi connectivity index (χ2v) is 5.94. The molecule has 4 heteroatoms. The Morgan fingerprint density at radius 3 is 2.39 bits per heavy atom. The fourth-order valence-corrected chi connectivity index (χ4v) is 3.90. The third kappa shape index (κ3) is 2.57. The molecule has 2 rings (SSSR count). The number of hydrogen-bond donors (Lipinski definition) is 2. The molecule has 1 saturated heterocycles. The first kappa shape index (κ1) is 14.3. The van der Waals surface area contributed by atoms with Gasteiger partial charge in [0, 0.05) is 24.7 Å². The van der Waals surface area contributed by atoms with Gasteiger partial charge in [0.2, 0.25) is 0 Å². The number of nitrogens with one attached hydrogen (secondary N) is 1. The van der Waals surface area contributed by atoms with Crippen LogP contribution in [0.3, 0.4) is 0 Å². The molecule has 18 heavy (non-hydrogen) atoms. The van der Waals surface area contributed by atoms with Gasteiger partial charge in [-0.15, -0.1) is 0 Å². The lowest BCUT2D eigenvalue weighted by Gasteiger charge is -2.49. The van der Waals surface area contributed by atoms with Crippen LogP contribution >= 0.6 is 0 Å². The van der Waals surface area contributed by atoms with Crippen LogP contribution in [0.2, 0.25) is 0 Å². The van der Waals surface area contributed by atoms with E-state index in [1.54, 1.807) is 0 Å². The van der Waals surface area contributed by atoms with E-state index >= 15 is 0 Å². The van der Waals surface area contributed by atoms with Crippen LogP contribution in [0.4, 0.5) is 0 Å². The van der Waals surface area contributed by atoms with Gasteiger partial charge in [0.05, 0.1) is 13.2 Å². The Hall–Kier alpha value is -0.160. The summed E-state index contributed by atoms with van der Waals surface area (Å²) >= 11 is 0. The first-order chi connectivity index (χ1) is 8.74. The number of rotatable bonds is 5. The zero-order valence-corrected chi connectivity index (χ0v) is 12.0. The maximum absolute atomic E-state index is 5.91. The van der Waals surface area contributed by atoms with Crippen molar-refractivity contribution in [1.29, 1.82) is 0 Å². The molecule has 0 bridgehead atoms. The quantitative estimate of drug-likeness (QED) is 0.577. The number of nitrogens with zero attached hydrogens (tertiary/aromatic N) is 1. The zero-order valence-electron chi connectivity index (χ0n) is 12.0. The van der Waals surface area contributed by atoms with Gasteiger partial charge in [-0.2, -0.15) is 0 Å². The first-order valence-corrected chi connectivity index (χ1v) is 7.53. The highest BCUT2D eigenvalue weighted by atomic mass is 16.5. The topological polar surface area (TPSA) is 50.5 Å². The van der Waals surface area contributed by atoms with Gasteiger partial charge < -0.3 is 4.74 Å². The summed E-state index contributed by atoms with van der Waals surface area (Å²) in [6, 6.07) is 0.406. The van der Waals surface area contributed by atoms with Gasteiger partial charge in [-0.05, 0) is 18.8 Å². The maximum atomic E-state index is 5.91. The van der Waals surface area contributed by atoms with Gasteiger partial charge in [-0.3, -0.25) is 16.2 Å². The van der Waals surface area contributed by atoms with E-state index in [0.717, 1.165) is 26.3 Å². The molecule has 0 aromatic carbocycles. The average molecular weight is 255 g/mol. The lowest BCUT2D eigenvalue weighted by Crippen LogP contribution is -2.65. The van der Waals surface area contributed by atoms with E-state index in [-0.39, 0.29) is 5.54 Å². The number of ether oxygens (including phenoxy) is 1. The monoisotopic (exact) mass is 255 g/mol. The van der Waals surface area contributed by atoms with Gasteiger partial charge in [0.1, 0.15) is 0 Å². The standard InChI is InChI=1S/C14H29N3O/c1-3-12(2)13(16-15)14(6-4-5-7-14)17-8-10-18-11-9-17/h12-13,16H,3-11,15H2,1-2H3. The molecule has 2 unspecified atom stereocenters. The van der Waals surface area contributed by atoms with Crippen molar-refractivity contribution in [2.45, 2.75) is 57.5 Å². The number of hydrogen-bond acceptors (Lipinski definition) is 4. The molecule has 2 fully saturated rings. The summed E-state index contributed by atoms with van der Waals surface area (Å²) in [7, 11) is 0. The molecule has 1 aliphatic heterocycles. The highest BCUT2D eigenvalue weighted by Gasteiger charge is 2.47. The number of nitrogens with two attached hydrogens (primary N) is 1. The molecule has 0 amide bonds. The zero-order chi connectivity index (χ0) is 13.0. The van der Waals surface area contributed by atoms with Gasteiger partial charge in [-0.25, -0.2) is 0 Å². The van der Waals surface area contributed by atoms with Crippen molar-refractivity contribution in [3.05, 3.63) is 0 Å². The van der Waals surface area contributed by atoms with E-state index in [1.165, 1.54) is 32.1 Å². The highest BCUT2D eigenvalue weighted by Crippen LogP contribution is 2.41. The summed E-state index contributed by atoms with van der Waals surface area (Å²) < 4.78 is 5.51. The van der Waals surface area contributed by atoms with Crippen LogP contribution in [0.1, 0.15) is 46.0 Å². The summed E-state index contributed by atoms with van der Waals surface area (Å²) in [5.41, 5.74) is 3.42. The van der Waals surface area contributed by atoms with Crippen LogP contribution in [-0.4, -0.2) is 42.8 Å². The second-order valence-electron chi connectivity index (χ2n) is 5.94. The van der Waals surface area contributed by atoms with Gasteiger partial charge in [0.15, 0.2) is 0 Å². The fraction of sp³-hybridized carbons (Fsp3) is 1.00. The summed E-state index contributed by atoms with van der Waals surface area (Å²) in [4.78, 5) is 2.65. The smallest absolute Gasteiger partial charge is 0.0594 e. The first-order valence-electron chi connectivity index (χ1n) is 7.53. The van der Waals surface area contributed by atoms with Crippen molar-refractivity contribution in [2.75, 3.05) is 26.3 Å². The van der Waals surface area contributed by atoms with Crippen molar-refractivity contribution in [3.8, 4) is 0 Å². The predicted octanol–water partition coefficient (Wildman–Crippen LogP) is 1.51. The Morgan fingerprint density at radius 2 is 1.89 bits per heavy atom. The Bertz CT molecular complexity index is 247. The molecule has 4 nitrogen and oxygen atoms in total. The Kier molecular flexibility index (Phi) is 5.01. The molecule has 0 spiro atoms. The highest BCUT2D eigenvalue weighted by molar-refractivity contribution is 5.05. The van der Waals surface area contributed by atoms with Crippen LogP contribution in [-0.2, 0) is 4.74 Å². The molecule has 0 aromatic rings. The van der Waals surface area contributed by atoms with Crippen LogP contribution < -0.4 is 11.3 Å². The Morgan fingerprint density at radius 1 is 1.28 bits per heavy atom. The van der Waals surface area contributed by atoms with Crippen molar-refractivity contribution in [3.63, 3.8) is 0 Å². The summed E-state index contributed by atoms with van der Waals surface area (Å²) in [6.07, 6.45) is 6.43. The van der Waals surface area contributed by atoms with Crippen molar-refractivity contribution >= 4 is 0 Å². The third-order valence-electron chi connectivity index (χ3n) is 5.08. The molecule has 1 heterocycles. The van der Waals surface area contributed by atoms with Gasteiger partial charge in [-0.1, -0.05) is 33.1 Å². The lowest BCUT2D eigenvalue weighted by molar-refractivity contribution is -0.0439. The van der Waals surface area contributed by atoms with E-state index in [1.807, 2.05) is 0 Å². The Balaban J connectivity index is 2.18.